The summed E-state index contributed by atoms with van der Waals surface area (Å²) in [4.78, 5) is 2.51. The third-order valence-corrected chi connectivity index (χ3v) is 3.80. The monoisotopic (exact) mass is 262 g/mol. The van der Waals surface area contributed by atoms with Crippen LogP contribution in [0.1, 0.15) is 31.9 Å². The molecule has 1 fully saturated rings. The van der Waals surface area contributed by atoms with Gasteiger partial charge in [-0.2, -0.15) is 0 Å². The van der Waals surface area contributed by atoms with Gasteiger partial charge in [0.2, 0.25) is 0 Å². The fourth-order valence-corrected chi connectivity index (χ4v) is 2.80. The Balaban J connectivity index is 2.13. The Morgan fingerprint density at radius 2 is 2.16 bits per heavy atom. The summed E-state index contributed by atoms with van der Waals surface area (Å²) in [7, 11) is 1.76. The Bertz CT molecular complexity index is 429. The predicted octanol–water partition coefficient (Wildman–Crippen LogP) is 2.44. The van der Waals surface area contributed by atoms with E-state index in [9.17, 15) is 0 Å². The lowest BCUT2D eigenvalue weighted by molar-refractivity contribution is 0.147. The standard InChI is InChI=1S/C16H26N2O/c1-5-13-6-7-15(19-4)14(10-13)11-18-9-8-17-16(2,3)12-18/h6-7,10,17H,5,8-9,11-12H2,1-4H3. The summed E-state index contributed by atoms with van der Waals surface area (Å²) in [5.74, 6) is 1.01. The van der Waals surface area contributed by atoms with E-state index >= 15 is 0 Å². The Kier molecular flexibility index (Phi) is 4.48. The van der Waals surface area contributed by atoms with Crippen LogP contribution < -0.4 is 10.1 Å². The Morgan fingerprint density at radius 1 is 1.37 bits per heavy atom. The highest BCUT2D eigenvalue weighted by atomic mass is 16.5. The molecule has 1 heterocycles. The second-order valence-corrected chi connectivity index (χ2v) is 6.02. The number of rotatable bonds is 4. The molecule has 0 amide bonds. The molecule has 1 aliphatic rings. The third kappa shape index (κ3) is 3.71. The van der Waals surface area contributed by atoms with Crippen LogP contribution in [0.4, 0.5) is 0 Å². The molecule has 0 spiro atoms. The van der Waals surface area contributed by atoms with Crippen molar-refractivity contribution >= 4 is 0 Å². The molecular weight excluding hydrogens is 236 g/mol. The van der Waals surface area contributed by atoms with E-state index in [-0.39, 0.29) is 5.54 Å². The van der Waals surface area contributed by atoms with Crippen molar-refractivity contribution in [1.29, 1.82) is 0 Å². The highest BCUT2D eigenvalue weighted by Gasteiger charge is 2.26. The maximum atomic E-state index is 5.50. The van der Waals surface area contributed by atoms with Crippen LogP contribution in [0.5, 0.6) is 5.75 Å². The lowest BCUT2D eigenvalue weighted by atomic mass is 10.0. The summed E-state index contributed by atoms with van der Waals surface area (Å²) in [5, 5.41) is 3.55. The van der Waals surface area contributed by atoms with Crippen molar-refractivity contribution in [3.63, 3.8) is 0 Å². The minimum absolute atomic E-state index is 0.202. The van der Waals surface area contributed by atoms with E-state index in [1.807, 2.05) is 0 Å². The van der Waals surface area contributed by atoms with E-state index in [1.165, 1.54) is 11.1 Å². The number of benzene rings is 1. The van der Waals surface area contributed by atoms with Gasteiger partial charge in [-0.25, -0.2) is 0 Å². The molecule has 3 nitrogen and oxygen atoms in total. The van der Waals surface area contributed by atoms with Crippen LogP contribution >= 0.6 is 0 Å². The van der Waals surface area contributed by atoms with Crippen LogP contribution in [0, 0.1) is 0 Å². The van der Waals surface area contributed by atoms with E-state index in [0.717, 1.165) is 38.3 Å². The van der Waals surface area contributed by atoms with Crippen molar-refractivity contribution in [2.24, 2.45) is 0 Å². The van der Waals surface area contributed by atoms with Crippen LogP contribution in [0.15, 0.2) is 18.2 Å². The van der Waals surface area contributed by atoms with Gasteiger partial charge in [-0.05, 0) is 31.9 Å². The fourth-order valence-electron chi connectivity index (χ4n) is 2.80. The summed E-state index contributed by atoms with van der Waals surface area (Å²) in [6.07, 6.45) is 1.07. The molecule has 0 atom stereocenters. The minimum Gasteiger partial charge on any atom is -0.496 e. The number of piperazine rings is 1. The van der Waals surface area contributed by atoms with Crippen LogP contribution in [-0.4, -0.2) is 37.2 Å². The van der Waals surface area contributed by atoms with E-state index in [0.29, 0.717) is 0 Å². The molecule has 0 aliphatic carbocycles. The zero-order valence-corrected chi connectivity index (χ0v) is 12.6. The summed E-state index contributed by atoms with van der Waals surface area (Å²) < 4.78 is 5.50. The van der Waals surface area contributed by atoms with Crippen molar-refractivity contribution < 1.29 is 4.74 Å². The molecule has 1 aromatic carbocycles. The molecule has 0 radical (unpaired) electrons. The molecule has 1 aromatic rings. The highest BCUT2D eigenvalue weighted by Crippen LogP contribution is 2.23. The lowest BCUT2D eigenvalue weighted by Crippen LogP contribution is -2.56. The van der Waals surface area contributed by atoms with Gasteiger partial charge in [-0.3, -0.25) is 4.90 Å². The SMILES string of the molecule is CCc1ccc(OC)c(CN2CCNC(C)(C)C2)c1. The Labute approximate surface area is 116 Å². The Morgan fingerprint density at radius 3 is 2.79 bits per heavy atom. The molecule has 1 N–H and O–H groups in total. The van der Waals surface area contributed by atoms with Crippen LogP contribution in [0.3, 0.4) is 0 Å². The maximum absolute atomic E-state index is 5.50. The van der Waals surface area contributed by atoms with Crippen molar-refractivity contribution in [2.45, 2.75) is 39.3 Å². The molecule has 0 saturated carbocycles. The summed E-state index contributed by atoms with van der Waals surface area (Å²) >= 11 is 0. The molecule has 0 bridgehead atoms. The van der Waals surface area contributed by atoms with Gasteiger partial charge < -0.3 is 10.1 Å². The van der Waals surface area contributed by atoms with E-state index in [4.69, 9.17) is 4.74 Å². The van der Waals surface area contributed by atoms with Gasteiger partial charge in [0.25, 0.3) is 0 Å². The fraction of sp³-hybridized carbons (Fsp3) is 0.625. The molecule has 3 heteroatoms. The van der Waals surface area contributed by atoms with Gasteiger partial charge in [0.1, 0.15) is 5.75 Å². The topological polar surface area (TPSA) is 24.5 Å². The predicted molar refractivity (Wildman–Crippen MR) is 79.7 cm³/mol. The Hall–Kier alpha value is -1.06. The largest absolute Gasteiger partial charge is 0.496 e. The van der Waals surface area contributed by atoms with Gasteiger partial charge in [-0.1, -0.05) is 19.1 Å². The highest BCUT2D eigenvalue weighted by molar-refractivity contribution is 5.37. The average molecular weight is 262 g/mol. The zero-order chi connectivity index (χ0) is 13.9. The van der Waals surface area contributed by atoms with Gasteiger partial charge in [0.05, 0.1) is 7.11 Å². The smallest absolute Gasteiger partial charge is 0.123 e. The van der Waals surface area contributed by atoms with Gasteiger partial charge in [-0.15, -0.1) is 0 Å². The first-order valence-corrected chi connectivity index (χ1v) is 7.17. The van der Waals surface area contributed by atoms with Crippen LogP contribution in [0.2, 0.25) is 0 Å². The number of nitrogens with zero attached hydrogens (tertiary/aromatic N) is 1. The number of nitrogens with one attached hydrogen (secondary N) is 1. The first-order chi connectivity index (χ1) is 9.04. The van der Waals surface area contributed by atoms with Crippen molar-refractivity contribution in [1.82, 2.24) is 10.2 Å². The number of hydrogen-bond donors (Lipinski definition) is 1. The summed E-state index contributed by atoms with van der Waals surface area (Å²) in [5.41, 5.74) is 2.89. The molecule has 0 unspecified atom stereocenters. The minimum atomic E-state index is 0.202. The molecule has 0 aromatic heterocycles. The number of hydrogen-bond acceptors (Lipinski definition) is 3. The zero-order valence-electron chi connectivity index (χ0n) is 12.6. The molecule has 19 heavy (non-hydrogen) atoms. The van der Waals surface area contributed by atoms with E-state index in [2.05, 4.69) is 49.2 Å². The van der Waals surface area contributed by atoms with Gasteiger partial charge in [0.15, 0.2) is 0 Å². The molecule has 2 rings (SSSR count). The normalized spacial score (nSPS) is 19.4. The first-order valence-electron chi connectivity index (χ1n) is 7.17. The molecular formula is C16H26N2O. The third-order valence-electron chi connectivity index (χ3n) is 3.80. The molecule has 1 saturated heterocycles. The lowest BCUT2D eigenvalue weighted by Gasteiger charge is -2.39. The van der Waals surface area contributed by atoms with Gasteiger partial charge in [0, 0.05) is 37.3 Å². The van der Waals surface area contributed by atoms with Crippen molar-refractivity contribution in [3.8, 4) is 5.75 Å². The van der Waals surface area contributed by atoms with E-state index < -0.39 is 0 Å². The number of methoxy groups -OCH3 is 1. The van der Waals surface area contributed by atoms with Crippen molar-refractivity contribution in [3.05, 3.63) is 29.3 Å². The second kappa shape index (κ2) is 5.93. The van der Waals surface area contributed by atoms with Gasteiger partial charge >= 0.3 is 0 Å². The second-order valence-electron chi connectivity index (χ2n) is 6.02. The molecule has 106 valence electrons. The summed E-state index contributed by atoms with van der Waals surface area (Å²) in [6, 6.07) is 6.54. The van der Waals surface area contributed by atoms with Crippen molar-refractivity contribution in [2.75, 3.05) is 26.7 Å². The molecule has 1 aliphatic heterocycles. The maximum Gasteiger partial charge on any atom is 0.123 e. The average Bonchev–Trinajstić information content (AvgIpc) is 2.37. The quantitative estimate of drug-likeness (QED) is 0.902. The first kappa shape index (κ1) is 14.4. The number of aryl methyl sites for hydroxylation is 1. The van der Waals surface area contributed by atoms with E-state index in [1.54, 1.807) is 7.11 Å². The number of ether oxygens (including phenoxy) is 1. The summed E-state index contributed by atoms with van der Waals surface area (Å²) in [6.45, 7) is 10.9. The van der Waals surface area contributed by atoms with Crippen LogP contribution in [-0.2, 0) is 13.0 Å². The van der Waals surface area contributed by atoms with Crippen LogP contribution in [0.25, 0.3) is 0 Å².